The van der Waals surface area contributed by atoms with E-state index in [-0.39, 0.29) is 46.9 Å². The lowest BCUT2D eigenvalue weighted by Crippen LogP contribution is -2.58. The van der Waals surface area contributed by atoms with E-state index in [1.54, 1.807) is 0 Å². The van der Waals surface area contributed by atoms with E-state index in [0.29, 0.717) is 17.1 Å². The monoisotopic (exact) mass is 498 g/mol. The van der Waals surface area contributed by atoms with Crippen molar-refractivity contribution in [3.63, 3.8) is 0 Å². The number of fused-ring (bicyclic) bond motifs is 1. The fourth-order valence-corrected chi connectivity index (χ4v) is 6.55. The van der Waals surface area contributed by atoms with Crippen molar-refractivity contribution in [2.24, 2.45) is 29.1 Å². The molecule has 1 aromatic heterocycles. The standard InChI is InChI=1S/C27H35ClN4O3/c1-16(25(34)31-14-18-6-4-5-7-21(18)28)20-8-10-27(3)11-9-22(17(2)23(27)24(20)33)32-26(35)19-12-29-15-30-13-19/h4-7,12-13,15-17,20,22-24,33H,8-11,14H2,1-3H3,(H,31,34)(H,32,35)/t16-,17+,20+,22-,23+,24-,27-/m0/s1. The van der Waals surface area contributed by atoms with Gasteiger partial charge in [-0.3, -0.25) is 9.59 Å². The molecule has 2 aromatic rings. The number of aliphatic hydroxyl groups excluding tert-OH is 1. The van der Waals surface area contributed by atoms with Gasteiger partial charge in [0.25, 0.3) is 5.91 Å². The Hall–Kier alpha value is -2.51. The maximum atomic E-state index is 13.0. The topological polar surface area (TPSA) is 104 Å². The fourth-order valence-electron chi connectivity index (χ4n) is 6.35. The number of carbonyl (C=O) groups excluding carboxylic acids is 2. The molecule has 0 unspecified atom stereocenters. The minimum absolute atomic E-state index is 0.00820. The van der Waals surface area contributed by atoms with Crippen LogP contribution in [-0.4, -0.2) is 39.0 Å². The van der Waals surface area contributed by atoms with Crippen LogP contribution in [0.2, 0.25) is 5.02 Å². The van der Waals surface area contributed by atoms with Gasteiger partial charge in [0, 0.05) is 35.9 Å². The molecule has 2 saturated carbocycles. The second kappa shape index (κ2) is 10.6. The maximum Gasteiger partial charge on any atom is 0.254 e. The first-order chi connectivity index (χ1) is 16.7. The van der Waals surface area contributed by atoms with Gasteiger partial charge in [-0.2, -0.15) is 0 Å². The predicted octanol–water partition coefficient (Wildman–Crippen LogP) is 4.00. The average molecular weight is 499 g/mol. The molecule has 1 aromatic carbocycles. The molecule has 7 nitrogen and oxygen atoms in total. The van der Waals surface area contributed by atoms with E-state index < -0.39 is 6.10 Å². The first-order valence-corrected chi connectivity index (χ1v) is 12.8. The Morgan fingerprint density at radius 1 is 1.20 bits per heavy atom. The summed E-state index contributed by atoms with van der Waals surface area (Å²) >= 11 is 6.23. The van der Waals surface area contributed by atoms with Crippen LogP contribution in [0.3, 0.4) is 0 Å². The summed E-state index contributed by atoms with van der Waals surface area (Å²) in [6, 6.07) is 7.41. The van der Waals surface area contributed by atoms with Crippen molar-refractivity contribution in [2.75, 3.05) is 0 Å². The Morgan fingerprint density at radius 2 is 1.89 bits per heavy atom. The first-order valence-electron chi connectivity index (χ1n) is 12.5. The van der Waals surface area contributed by atoms with Crippen LogP contribution in [0, 0.1) is 29.1 Å². The number of aromatic nitrogens is 2. The quantitative estimate of drug-likeness (QED) is 0.558. The van der Waals surface area contributed by atoms with Crippen LogP contribution in [-0.2, 0) is 11.3 Å². The Bertz CT molecular complexity index is 1050. The second-order valence-electron chi connectivity index (χ2n) is 10.6. The number of amides is 2. The number of nitrogens with one attached hydrogen (secondary N) is 2. The number of hydrogen-bond acceptors (Lipinski definition) is 5. The minimum atomic E-state index is -0.621. The van der Waals surface area contributed by atoms with Gasteiger partial charge >= 0.3 is 0 Å². The summed E-state index contributed by atoms with van der Waals surface area (Å²) in [6.45, 7) is 6.63. The van der Waals surface area contributed by atoms with Crippen molar-refractivity contribution >= 4 is 23.4 Å². The van der Waals surface area contributed by atoms with Crippen LogP contribution < -0.4 is 10.6 Å². The molecule has 2 aliphatic rings. The zero-order valence-electron chi connectivity index (χ0n) is 20.6. The summed E-state index contributed by atoms with van der Waals surface area (Å²) in [5.41, 5.74) is 1.29. The molecule has 0 aliphatic heterocycles. The normalized spacial score (nSPS) is 31.2. The highest BCUT2D eigenvalue weighted by atomic mass is 35.5. The molecule has 2 amide bonds. The Labute approximate surface area is 212 Å². The van der Waals surface area contributed by atoms with E-state index in [4.69, 9.17) is 11.6 Å². The van der Waals surface area contributed by atoms with Crippen LogP contribution in [0.15, 0.2) is 43.0 Å². The van der Waals surface area contributed by atoms with Crippen LogP contribution in [0.1, 0.15) is 62.4 Å². The van der Waals surface area contributed by atoms with Gasteiger partial charge in [-0.05, 0) is 60.5 Å². The third-order valence-corrected chi connectivity index (χ3v) is 8.86. The van der Waals surface area contributed by atoms with Crippen molar-refractivity contribution in [3.8, 4) is 0 Å². The fraction of sp³-hybridized carbons (Fsp3) is 0.556. The first kappa shape index (κ1) is 25.6. The highest BCUT2D eigenvalue weighted by molar-refractivity contribution is 6.31. The van der Waals surface area contributed by atoms with Crippen molar-refractivity contribution in [1.29, 1.82) is 0 Å². The van der Waals surface area contributed by atoms with Crippen molar-refractivity contribution in [1.82, 2.24) is 20.6 Å². The van der Waals surface area contributed by atoms with Crippen LogP contribution in [0.5, 0.6) is 0 Å². The molecule has 35 heavy (non-hydrogen) atoms. The third-order valence-electron chi connectivity index (χ3n) is 8.49. The second-order valence-corrected chi connectivity index (χ2v) is 11.0. The van der Waals surface area contributed by atoms with E-state index in [9.17, 15) is 14.7 Å². The molecule has 4 rings (SSSR count). The van der Waals surface area contributed by atoms with E-state index in [2.05, 4.69) is 34.4 Å². The van der Waals surface area contributed by atoms with Gasteiger partial charge in [-0.15, -0.1) is 0 Å². The molecule has 0 radical (unpaired) electrons. The Morgan fingerprint density at radius 3 is 2.60 bits per heavy atom. The van der Waals surface area contributed by atoms with Crippen molar-refractivity contribution in [3.05, 3.63) is 59.1 Å². The van der Waals surface area contributed by atoms with Gasteiger partial charge in [0.15, 0.2) is 0 Å². The van der Waals surface area contributed by atoms with Gasteiger partial charge < -0.3 is 15.7 Å². The van der Waals surface area contributed by atoms with Gasteiger partial charge in [-0.25, -0.2) is 9.97 Å². The van der Waals surface area contributed by atoms with Gasteiger partial charge in [-0.1, -0.05) is 50.6 Å². The zero-order valence-corrected chi connectivity index (χ0v) is 21.3. The lowest BCUT2D eigenvalue weighted by Gasteiger charge is -2.56. The Balaban J connectivity index is 1.43. The summed E-state index contributed by atoms with van der Waals surface area (Å²) in [5, 5.41) is 18.4. The molecule has 0 saturated heterocycles. The molecule has 0 spiro atoms. The third kappa shape index (κ3) is 5.36. The summed E-state index contributed by atoms with van der Waals surface area (Å²) in [4.78, 5) is 33.6. The number of rotatable bonds is 6. The number of benzene rings is 1. The smallest absolute Gasteiger partial charge is 0.254 e. The van der Waals surface area contributed by atoms with E-state index in [1.807, 2.05) is 31.2 Å². The summed E-state index contributed by atoms with van der Waals surface area (Å²) in [5.74, 6) is -0.681. The molecule has 8 heteroatoms. The molecule has 2 fully saturated rings. The highest BCUT2D eigenvalue weighted by Gasteiger charge is 2.53. The summed E-state index contributed by atoms with van der Waals surface area (Å²) in [6.07, 6.45) is 7.34. The number of hydrogen-bond donors (Lipinski definition) is 3. The maximum absolute atomic E-state index is 13.0. The van der Waals surface area contributed by atoms with Crippen molar-refractivity contribution < 1.29 is 14.7 Å². The zero-order chi connectivity index (χ0) is 25.2. The number of halogens is 1. The minimum Gasteiger partial charge on any atom is -0.392 e. The molecule has 0 bridgehead atoms. The SMILES string of the molecule is C[C@H]1[C@@H]2[C@@H](O)[C@@H]([C@H](C)C(=O)NCc3ccccc3Cl)CC[C@@]2(C)CC[C@@H]1NC(=O)c1cncnc1. The van der Waals surface area contributed by atoms with E-state index in [0.717, 1.165) is 31.2 Å². The lowest BCUT2D eigenvalue weighted by atomic mass is 9.51. The van der Waals surface area contributed by atoms with Crippen LogP contribution >= 0.6 is 11.6 Å². The van der Waals surface area contributed by atoms with Crippen LogP contribution in [0.25, 0.3) is 0 Å². The van der Waals surface area contributed by atoms with Gasteiger partial charge in [0.1, 0.15) is 6.33 Å². The molecular formula is C27H35ClN4O3. The number of nitrogens with zero attached hydrogens (tertiary/aromatic N) is 2. The largest absolute Gasteiger partial charge is 0.392 e. The van der Waals surface area contributed by atoms with E-state index in [1.165, 1.54) is 18.7 Å². The number of carbonyl (C=O) groups is 2. The van der Waals surface area contributed by atoms with Crippen LogP contribution in [0.4, 0.5) is 0 Å². The van der Waals surface area contributed by atoms with Gasteiger partial charge in [0.2, 0.25) is 5.91 Å². The lowest BCUT2D eigenvalue weighted by molar-refractivity contribution is -0.142. The predicted molar refractivity (Wildman–Crippen MR) is 134 cm³/mol. The molecule has 3 N–H and O–H groups in total. The van der Waals surface area contributed by atoms with Crippen molar-refractivity contribution in [2.45, 2.75) is 65.1 Å². The molecule has 7 atom stereocenters. The molecule has 1 heterocycles. The van der Waals surface area contributed by atoms with Gasteiger partial charge in [0.05, 0.1) is 11.7 Å². The highest BCUT2D eigenvalue weighted by Crippen LogP contribution is 2.55. The molecular weight excluding hydrogens is 464 g/mol. The Kier molecular flexibility index (Phi) is 7.77. The molecule has 2 aliphatic carbocycles. The average Bonchev–Trinajstić information content (AvgIpc) is 2.85. The summed E-state index contributed by atoms with van der Waals surface area (Å²) in [7, 11) is 0. The summed E-state index contributed by atoms with van der Waals surface area (Å²) < 4.78 is 0. The number of aliphatic hydroxyl groups is 1. The molecule has 188 valence electrons. The van der Waals surface area contributed by atoms with E-state index >= 15 is 0 Å².